The molecule has 0 unspecified atom stereocenters. The number of carbonyl (C=O) groups excluding carboxylic acids is 1. The standard InChI is InChI=1S/C18H28N2O/c1-3-14(2)17(19)18(21)20-11-9-16(10-12-20)13-15-7-5-4-6-8-15/h4-8,14,16-17H,3,9-13,19H2,1-2H3/p+1/t14-,17+/m0/s1. The molecule has 116 valence electrons. The molecule has 1 aliphatic heterocycles. The second kappa shape index (κ2) is 7.60. The molecule has 1 aromatic carbocycles. The quantitative estimate of drug-likeness (QED) is 0.887. The first-order valence-corrected chi connectivity index (χ1v) is 8.27. The van der Waals surface area contributed by atoms with Crippen molar-refractivity contribution in [1.82, 2.24) is 4.90 Å². The number of hydrogen-bond acceptors (Lipinski definition) is 1. The molecule has 0 aromatic heterocycles. The summed E-state index contributed by atoms with van der Waals surface area (Å²) in [6.07, 6.45) is 4.40. The number of hydrogen-bond donors (Lipinski definition) is 1. The van der Waals surface area contributed by atoms with Crippen molar-refractivity contribution < 1.29 is 10.5 Å². The van der Waals surface area contributed by atoms with Gasteiger partial charge in [-0.2, -0.15) is 0 Å². The molecule has 1 aromatic rings. The molecule has 3 heteroatoms. The lowest BCUT2D eigenvalue weighted by molar-refractivity contribution is -0.417. The minimum absolute atomic E-state index is 0.0827. The van der Waals surface area contributed by atoms with E-state index in [1.165, 1.54) is 5.56 Å². The maximum atomic E-state index is 12.4. The van der Waals surface area contributed by atoms with Crippen LogP contribution in [0.2, 0.25) is 0 Å². The minimum atomic E-state index is -0.0827. The van der Waals surface area contributed by atoms with Crippen molar-refractivity contribution in [1.29, 1.82) is 0 Å². The average Bonchev–Trinajstić information content (AvgIpc) is 2.54. The second-order valence-corrected chi connectivity index (χ2v) is 6.45. The van der Waals surface area contributed by atoms with Crippen LogP contribution in [0.15, 0.2) is 30.3 Å². The van der Waals surface area contributed by atoms with Gasteiger partial charge in [-0.3, -0.25) is 4.79 Å². The van der Waals surface area contributed by atoms with Crippen LogP contribution in [0.4, 0.5) is 0 Å². The molecule has 3 nitrogen and oxygen atoms in total. The van der Waals surface area contributed by atoms with Gasteiger partial charge in [-0.1, -0.05) is 44.2 Å². The maximum absolute atomic E-state index is 12.4. The first-order chi connectivity index (χ1) is 10.1. The molecule has 0 spiro atoms. The van der Waals surface area contributed by atoms with E-state index in [9.17, 15) is 4.79 Å². The summed E-state index contributed by atoms with van der Waals surface area (Å²) in [5, 5.41) is 0. The minimum Gasteiger partial charge on any atom is -0.347 e. The van der Waals surface area contributed by atoms with Gasteiger partial charge in [-0.15, -0.1) is 0 Å². The molecule has 1 amide bonds. The number of nitrogens with zero attached hydrogens (tertiary/aromatic N) is 1. The molecule has 1 fully saturated rings. The van der Waals surface area contributed by atoms with Crippen LogP contribution in [-0.4, -0.2) is 29.9 Å². The summed E-state index contributed by atoms with van der Waals surface area (Å²) in [5.74, 6) is 1.34. The van der Waals surface area contributed by atoms with Gasteiger partial charge in [0.1, 0.15) is 0 Å². The Morgan fingerprint density at radius 2 is 1.90 bits per heavy atom. The molecule has 1 aliphatic rings. The summed E-state index contributed by atoms with van der Waals surface area (Å²) >= 11 is 0. The summed E-state index contributed by atoms with van der Waals surface area (Å²) in [6, 6.07) is 10.6. The topological polar surface area (TPSA) is 48.0 Å². The Bertz CT molecular complexity index is 438. The van der Waals surface area contributed by atoms with Crippen molar-refractivity contribution in [2.45, 2.75) is 45.6 Å². The van der Waals surface area contributed by atoms with Crippen LogP contribution in [0.5, 0.6) is 0 Å². The molecule has 1 heterocycles. The lowest BCUT2D eigenvalue weighted by Gasteiger charge is -2.33. The Morgan fingerprint density at radius 1 is 1.29 bits per heavy atom. The smallest absolute Gasteiger partial charge is 0.281 e. The average molecular weight is 289 g/mol. The normalized spacial score (nSPS) is 19.3. The first-order valence-electron chi connectivity index (χ1n) is 8.27. The van der Waals surface area contributed by atoms with Crippen molar-refractivity contribution in [2.75, 3.05) is 13.1 Å². The number of likely N-dealkylation sites (tertiary alicyclic amines) is 1. The molecule has 0 saturated carbocycles. The highest BCUT2D eigenvalue weighted by Crippen LogP contribution is 2.22. The highest BCUT2D eigenvalue weighted by atomic mass is 16.2. The lowest BCUT2D eigenvalue weighted by Crippen LogP contribution is -2.70. The van der Waals surface area contributed by atoms with Crippen LogP contribution >= 0.6 is 0 Å². The van der Waals surface area contributed by atoms with E-state index in [4.69, 9.17) is 0 Å². The molecule has 21 heavy (non-hydrogen) atoms. The fourth-order valence-corrected chi connectivity index (χ4v) is 3.07. The molecule has 2 atom stereocenters. The highest BCUT2D eigenvalue weighted by molar-refractivity contribution is 5.80. The lowest BCUT2D eigenvalue weighted by atomic mass is 9.89. The summed E-state index contributed by atoms with van der Waals surface area (Å²) < 4.78 is 0. The van der Waals surface area contributed by atoms with Crippen molar-refractivity contribution >= 4 is 5.91 Å². The van der Waals surface area contributed by atoms with E-state index in [1.54, 1.807) is 0 Å². The largest absolute Gasteiger partial charge is 0.347 e. The number of rotatable bonds is 5. The van der Waals surface area contributed by atoms with Crippen molar-refractivity contribution in [2.24, 2.45) is 11.8 Å². The van der Waals surface area contributed by atoms with Crippen LogP contribution in [-0.2, 0) is 11.2 Å². The third-order valence-corrected chi connectivity index (χ3v) is 4.94. The number of benzene rings is 1. The third-order valence-electron chi connectivity index (χ3n) is 4.94. The predicted octanol–water partition coefficient (Wildman–Crippen LogP) is 2.12. The van der Waals surface area contributed by atoms with E-state index in [0.717, 1.165) is 38.8 Å². The number of piperidine rings is 1. The monoisotopic (exact) mass is 289 g/mol. The van der Waals surface area contributed by atoms with E-state index in [0.29, 0.717) is 11.8 Å². The van der Waals surface area contributed by atoms with Gasteiger partial charge in [0.25, 0.3) is 5.91 Å². The Labute approximate surface area is 128 Å². The highest BCUT2D eigenvalue weighted by Gasteiger charge is 2.30. The van der Waals surface area contributed by atoms with E-state index < -0.39 is 0 Å². The number of carbonyl (C=O) groups is 1. The molecular weight excluding hydrogens is 260 g/mol. The zero-order chi connectivity index (χ0) is 15.2. The van der Waals surface area contributed by atoms with Gasteiger partial charge >= 0.3 is 0 Å². The molecule has 0 aliphatic carbocycles. The molecule has 3 N–H and O–H groups in total. The molecule has 0 radical (unpaired) electrons. The van der Waals surface area contributed by atoms with Gasteiger partial charge in [-0.05, 0) is 37.2 Å². The van der Waals surface area contributed by atoms with Crippen molar-refractivity contribution in [3.8, 4) is 0 Å². The molecule has 1 saturated heterocycles. The number of quaternary nitrogens is 1. The van der Waals surface area contributed by atoms with Crippen LogP contribution in [0.25, 0.3) is 0 Å². The fraction of sp³-hybridized carbons (Fsp3) is 0.611. The summed E-state index contributed by atoms with van der Waals surface area (Å²) in [7, 11) is 0. The van der Waals surface area contributed by atoms with E-state index in [2.05, 4.69) is 49.9 Å². The van der Waals surface area contributed by atoms with E-state index in [1.807, 2.05) is 4.90 Å². The summed E-state index contributed by atoms with van der Waals surface area (Å²) in [6.45, 7) is 6.05. The van der Waals surface area contributed by atoms with Crippen molar-refractivity contribution in [3.05, 3.63) is 35.9 Å². The SMILES string of the molecule is CC[C@H](C)[C@@H]([NH3+])C(=O)N1CCC(Cc2ccccc2)CC1. The summed E-state index contributed by atoms with van der Waals surface area (Å²) in [5.41, 5.74) is 5.49. The van der Waals surface area contributed by atoms with Gasteiger partial charge in [0.05, 0.1) is 0 Å². The van der Waals surface area contributed by atoms with Crippen molar-refractivity contribution in [3.63, 3.8) is 0 Å². The van der Waals surface area contributed by atoms with Gasteiger partial charge < -0.3 is 10.6 Å². The van der Waals surface area contributed by atoms with Crippen LogP contribution in [0.3, 0.4) is 0 Å². The third kappa shape index (κ3) is 4.31. The Hall–Kier alpha value is -1.35. The van der Waals surface area contributed by atoms with Crippen LogP contribution in [0, 0.1) is 11.8 Å². The zero-order valence-electron chi connectivity index (χ0n) is 13.4. The zero-order valence-corrected chi connectivity index (χ0v) is 13.4. The predicted molar refractivity (Wildman–Crippen MR) is 85.6 cm³/mol. The first kappa shape index (κ1) is 16.0. The fourth-order valence-electron chi connectivity index (χ4n) is 3.07. The molecule has 2 rings (SSSR count). The van der Waals surface area contributed by atoms with Gasteiger partial charge in [0.2, 0.25) is 0 Å². The van der Waals surface area contributed by atoms with Crippen LogP contribution < -0.4 is 5.73 Å². The molecule has 0 bridgehead atoms. The van der Waals surface area contributed by atoms with E-state index in [-0.39, 0.29) is 11.9 Å². The maximum Gasteiger partial charge on any atom is 0.281 e. The van der Waals surface area contributed by atoms with Gasteiger partial charge in [-0.25, -0.2) is 0 Å². The molecular formula is C18H29N2O+. The number of amides is 1. The Morgan fingerprint density at radius 3 is 2.48 bits per heavy atom. The second-order valence-electron chi connectivity index (χ2n) is 6.45. The Balaban J connectivity index is 1.81. The summed E-state index contributed by atoms with van der Waals surface area (Å²) in [4.78, 5) is 14.5. The van der Waals surface area contributed by atoms with Crippen LogP contribution in [0.1, 0.15) is 38.7 Å². The van der Waals surface area contributed by atoms with Gasteiger partial charge in [0.15, 0.2) is 6.04 Å². The van der Waals surface area contributed by atoms with E-state index >= 15 is 0 Å². The Kier molecular flexibility index (Phi) is 5.80. The van der Waals surface area contributed by atoms with Gasteiger partial charge in [0, 0.05) is 19.0 Å².